The third-order valence-electron chi connectivity index (χ3n) is 2.66. The first-order valence-corrected chi connectivity index (χ1v) is 7.24. The summed E-state index contributed by atoms with van der Waals surface area (Å²) in [6, 6.07) is 7.40. The Kier molecular flexibility index (Phi) is 4.68. The number of Topliss-reactive ketones (excluding diaryl/α,β-unsaturated/α-hetero) is 1. The molecule has 0 atom stereocenters. The highest BCUT2D eigenvalue weighted by Crippen LogP contribution is 2.20. The fraction of sp³-hybridized carbons (Fsp3) is 0.333. The van der Waals surface area contributed by atoms with Crippen LogP contribution < -0.4 is 4.74 Å². The van der Waals surface area contributed by atoms with E-state index in [0.29, 0.717) is 24.3 Å². The zero-order chi connectivity index (χ0) is 13.7. The van der Waals surface area contributed by atoms with Crippen molar-refractivity contribution >= 4 is 17.1 Å². The highest BCUT2D eigenvalue weighted by atomic mass is 32.1. The van der Waals surface area contributed by atoms with Gasteiger partial charge in [-0.1, -0.05) is 19.1 Å². The summed E-state index contributed by atoms with van der Waals surface area (Å²) in [7, 11) is 0. The van der Waals surface area contributed by atoms with Gasteiger partial charge in [0.25, 0.3) is 0 Å². The van der Waals surface area contributed by atoms with Crippen molar-refractivity contribution in [2.45, 2.75) is 26.7 Å². The number of ketones is 1. The van der Waals surface area contributed by atoms with Crippen LogP contribution in [-0.2, 0) is 6.42 Å². The van der Waals surface area contributed by atoms with Crippen molar-refractivity contribution in [2.75, 3.05) is 6.61 Å². The molecule has 1 aromatic carbocycles. The summed E-state index contributed by atoms with van der Waals surface area (Å²) in [5.41, 5.74) is 1.47. The number of thiazole rings is 1. The van der Waals surface area contributed by atoms with E-state index in [1.54, 1.807) is 11.3 Å². The number of aryl methyl sites for hydroxylation is 1. The largest absolute Gasteiger partial charge is 0.493 e. The summed E-state index contributed by atoms with van der Waals surface area (Å²) >= 11 is 1.57. The molecular weight excluding hydrogens is 258 g/mol. The zero-order valence-corrected chi connectivity index (χ0v) is 12.0. The molecule has 0 N–H and O–H groups in total. The van der Waals surface area contributed by atoms with Crippen molar-refractivity contribution in [1.82, 2.24) is 4.98 Å². The topological polar surface area (TPSA) is 39.2 Å². The van der Waals surface area contributed by atoms with E-state index in [-0.39, 0.29) is 5.78 Å². The Hall–Kier alpha value is -1.68. The number of nitrogens with zero attached hydrogens (tertiary/aromatic N) is 1. The third-order valence-corrected chi connectivity index (χ3v) is 3.48. The van der Waals surface area contributed by atoms with Crippen molar-refractivity contribution in [3.05, 3.63) is 45.9 Å². The number of aromatic nitrogens is 1. The Morgan fingerprint density at radius 3 is 2.84 bits per heavy atom. The lowest BCUT2D eigenvalue weighted by Gasteiger charge is -2.09. The molecule has 4 heteroatoms. The number of para-hydroxylation sites is 1. The molecule has 0 saturated carbocycles. The Bertz CT molecular complexity index is 563. The van der Waals surface area contributed by atoms with Gasteiger partial charge in [0.15, 0.2) is 5.78 Å². The number of carbonyl (C=O) groups excluding carboxylic acids is 1. The predicted octanol–water partition coefficient (Wildman–Crippen LogP) is 3.67. The van der Waals surface area contributed by atoms with E-state index in [2.05, 4.69) is 4.98 Å². The van der Waals surface area contributed by atoms with Crippen LogP contribution in [0.25, 0.3) is 0 Å². The van der Waals surface area contributed by atoms with E-state index in [0.717, 1.165) is 17.1 Å². The van der Waals surface area contributed by atoms with Gasteiger partial charge in [0.1, 0.15) is 5.75 Å². The summed E-state index contributed by atoms with van der Waals surface area (Å²) in [6.07, 6.45) is 1.25. The number of rotatable bonds is 6. The Labute approximate surface area is 117 Å². The molecular formula is C15H17NO2S. The number of hydrogen-bond acceptors (Lipinski definition) is 4. The Balaban J connectivity index is 2.14. The molecule has 0 spiro atoms. The maximum absolute atomic E-state index is 12.3. The van der Waals surface area contributed by atoms with Gasteiger partial charge < -0.3 is 4.74 Å². The highest BCUT2D eigenvalue weighted by molar-refractivity contribution is 7.09. The minimum absolute atomic E-state index is 0.0528. The van der Waals surface area contributed by atoms with Gasteiger partial charge in [-0.3, -0.25) is 4.79 Å². The number of benzene rings is 1. The molecule has 0 radical (unpaired) electrons. The summed E-state index contributed by atoms with van der Waals surface area (Å²) in [5.74, 6) is 0.721. The van der Waals surface area contributed by atoms with Gasteiger partial charge in [0, 0.05) is 5.38 Å². The summed E-state index contributed by atoms with van der Waals surface area (Å²) < 4.78 is 5.61. The van der Waals surface area contributed by atoms with Gasteiger partial charge in [-0.05, 0) is 25.5 Å². The van der Waals surface area contributed by atoms with Crippen molar-refractivity contribution < 1.29 is 9.53 Å². The van der Waals surface area contributed by atoms with E-state index in [1.807, 2.05) is 43.5 Å². The second-order valence-corrected chi connectivity index (χ2v) is 5.36. The second-order valence-electron chi connectivity index (χ2n) is 4.30. The molecule has 0 bridgehead atoms. The molecule has 100 valence electrons. The first-order chi connectivity index (χ1) is 9.20. The fourth-order valence-corrected chi connectivity index (χ4v) is 2.40. The van der Waals surface area contributed by atoms with Gasteiger partial charge >= 0.3 is 0 Å². The fourth-order valence-electron chi connectivity index (χ4n) is 1.78. The first-order valence-electron chi connectivity index (χ1n) is 6.36. The van der Waals surface area contributed by atoms with Crippen LogP contribution in [-0.4, -0.2) is 17.4 Å². The quantitative estimate of drug-likeness (QED) is 0.755. The van der Waals surface area contributed by atoms with Gasteiger partial charge in [-0.2, -0.15) is 0 Å². The molecule has 1 heterocycles. The van der Waals surface area contributed by atoms with Crippen molar-refractivity contribution in [1.29, 1.82) is 0 Å². The molecule has 2 rings (SSSR count). The lowest BCUT2D eigenvalue weighted by atomic mass is 10.1. The zero-order valence-electron chi connectivity index (χ0n) is 11.2. The SMILES string of the molecule is CCCOc1ccccc1C(=O)Cc1csc(C)n1. The van der Waals surface area contributed by atoms with E-state index < -0.39 is 0 Å². The standard InChI is InChI=1S/C15H17NO2S/c1-3-8-18-15-7-5-4-6-13(15)14(17)9-12-10-19-11(2)16-12/h4-7,10H,3,8-9H2,1-2H3. The Morgan fingerprint density at radius 2 is 2.16 bits per heavy atom. The van der Waals surface area contributed by atoms with Crippen LogP contribution in [0.2, 0.25) is 0 Å². The van der Waals surface area contributed by atoms with Crippen molar-refractivity contribution in [3.63, 3.8) is 0 Å². The molecule has 0 amide bonds. The minimum atomic E-state index is 0.0528. The van der Waals surface area contributed by atoms with Crippen LogP contribution in [0.1, 0.15) is 34.4 Å². The van der Waals surface area contributed by atoms with Gasteiger partial charge in [-0.15, -0.1) is 11.3 Å². The van der Waals surface area contributed by atoms with Gasteiger partial charge in [-0.25, -0.2) is 4.98 Å². The lowest BCUT2D eigenvalue weighted by Crippen LogP contribution is -2.07. The summed E-state index contributed by atoms with van der Waals surface area (Å²) in [4.78, 5) is 16.6. The number of ether oxygens (including phenoxy) is 1. The average molecular weight is 275 g/mol. The molecule has 19 heavy (non-hydrogen) atoms. The molecule has 0 aliphatic heterocycles. The molecule has 0 aliphatic carbocycles. The predicted molar refractivity (Wildman–Crippen MR) is 77.1 cm³/mol. The van der Waals surface area contributed by atoms with Crippen molar-refractivity contribution in [2.24, 2.45) is 0 Å². The maximum atomic E-state index is 12.3. The van der Waals surface area contributed by atoms with Crippen LogP contribution in [0.5, 0.6) is 5.75 Å². The molecule has 1 aromatic heterocycles. The van der Waals surface area contributed by atoms with Crippen molar-refractivity contribution in [3.8, 4) is 5.75 Å². The highest BCUT2D eigenvalue weighted by Gasteiger charge is 2.14. The molecule has 3 nitrogen and oxygen atoms in total. The summed E-state index contributed by atoms with van der Waals surface area (Å²) in [5, 5.41) is 2.92. The first kappa shape index (κ1) is 13.7. The summed E-state index contributed by atoms with van der Waals surface area (Å²) in [6.45, 7) is 4.61. The molecule has 0 aliphatic rings. The number of hydrogen-bond donors (Lipinski definition) is 0. The van der Waals surface area contributed by atoms with Crippen LogP contribution in [0.4, 0.5) is 0 Å². The smallest absolute Gasteiger partial charge is 0.172 e. The Morgan fingerprint density at radius 1 is 1.37 bits per heavy atom. The molecule has 0 saturated heterocycles. The third kappa shape index (κ3) is 3.64. The van der Waals surface area contributed by atoms with E-state index in [1.165, 1.54) is 0 Å². The van der Waals surface area contributed by atoms with E-state index >= 15 is 0 Å². The molecule has 0 unspecified atom stereocenters. The average Bonchev–Trinajstić information content (AvgIpc) is 2.82. The maximum Gasteiger partial charge on any atom is 0.172 e. The van der Waals surface area contributed by atoms with Crippen LogP contribution in [0.3, 0.4) is 0 Å². The monoisotopic (exact) mass is 275 g/mol. The van der Waals surface area contributed by atoms with E-state index in [4.69, 9.17) is 4.74 Å². The van der Waals surface area contributed by atoms with E-state index in [9.17, 15) is 4.79 Å². The van der Waals surface area contributed by atoms with Gasteiger partial charge in [0.05, 0.1) is 29.3 Å². The lowest BCUT2D eigenvalue weighted by molar-refractivity contribution is 0.0988. The van der Waals surface area contributed by atoms with Gasteiger partial charge in [0.2, 0.25) is 0 Å². The van der Waals surface area contributed by atoms with Crippen LogP contribution in [0.15, 0.2) is 29.6 Å². The minimum Gasteiger partial charge on any atom is -0.493 e. The molecule has 0 fully saturated rings. The number of carbonyl (C=O) groups is 1. The molecule has 2 aromatic rings. The van der Waals surface area contributed by atoms with Crippen LogP contribution >= 0.6 is 11.3 Å². The van der Waals surface area contributed by atoms with Crippen LogP contribution in [0, 0.1) is 6.92 Å². The second kappa shape index (κ2) is 6.48. The normalized spacial score (nSPS) is 10.4.